The Morgan fingerprint density at radius 2 is 1.68 bits per heavy atom. The zero-order valence-electron chi connectivity index (χ0n) is 12.6. The molecule has 0 aliphatic rings. The van der Waals surface area contributed by atoms with Gasteiger partial charge in [0.1, 0.15) is 0 Å². The lowest BCUT2D eigenvalue weighted by Crippen LogP contribution is -2.26. The monoisotopic (exact) mass is 308 g/mol. The fourth-order valence-electron chi connectivity index (χ4n) is 2.09. The Kier molecular flexibility index (Phi) is 8.86. The van der Waals surface area contributed by atoms with Crippen LogP contribution in [0.1, 0.15) is 50.2 Å². The van der Waals surface area contributed by atoms with Gasteiger partial charge in [0.25, 0.3) is 0 Å². The molecule has 122 valence electrons. The van der Waals surface area contributed by atoms with Gasteiger partial charge in [-0.25, -0.2) is 5.48 Å². The third-order valence-electron chi connectivity index (χ3n) is 3.34. The van der Waals surface area contributed by atoms with E-state index in [1.807, 2.05) is 18.2 Å². The second-order valence-electron chi connectivity index (χ2n) is 5.18. The highest BCUT2D eigenvalue weighted by atomic mass is 16.5. The summed E-state index contributed by atoms with van der Waals surface area (Å²) in [5, 5.41) is 21.0. The predicted octanol–water partition coefficient (Wildman–Crippen LogP) is 1.68. The SMILES string of the molecule is O=C(CCCCCCNC(=O)CC(O)c1ccccc1)NO. The van der Waals surface area contributed by atoms with Crippen molar-refractivity contribution in [1.82, 2.24) is 10.8 Å². The largest absolute Gasteiger partial charge is 0.388 e. The molecule has 1 aromatic rings. The zero-order chi connectivity index (χ0) is 16.2. The number of hydroxylamine groups is 1. The van der Waals surface area contributed by atoms with E-state index in [9.17, 15) is 14.7 Å². The van der Waals surface area contributed by atoms with Gasteiger partial charge in [-0.2, -0.15) is 0 Å². The van der Waals surface area contributed by atoms with Crippen molar-refractivity contribution in [3.63, 3.8) is 0 Å². The summed E-state index contributed by atoms with van der Waals surface area (Å²) in [6.45, 7) is 0.562. The Morgan fingerprint density at radius 1 is 1.00 bits per heavy atom. The summed E-state index contributed by atoms with van der Waals surface area (Å²) in [6.07, 6.45) is 2.91. The van der Waals surface area contributed by atoms with Crippen LogP contribution in [0, 0.1) is 0 Å². The smallest absolute Gasteiger partial charge is 0.243 e. The highest BCUT2D eigenvalue weighted by molar-refractivity contribution is 5.76. The highest BCUT2D eigenvalue weighted by Crippen LogP contribution is 2.15. The number of hydrogen-bond donors (Lipinski definition) is 4. The van der Waals surface area contributed by atoms with E-state index < -0.39 is 6.10 Å². The van der Waals surface area contributed by atoms with Crippen LogP contribution in [-0.2, 0) is 9.59 Å². The summed E-state index contributed by atoms with van der Waals surface area (Å²) < 4.78 is 0. The van der Waals surface area contributed by atoms with Crippen molar-refractivity contribution in [2.24, 2.45) is 0 Å². The van der Waals surface area contributed by atoms with Crippen LogP contribution in [0.5, 0.6) is 0 Å². The van der Waals surface area contributed by atoms with Crippen LogP contribution in [0.4, 0.5) is 0 Å². The first-order valence-corrected chi connectivity index (χ1v) is 7.56. The molecule has 0 fully saturated rings. The number of hydrogen-bond acceptors (Lipinski definition) is 4. The summed E-state index contributed by atoms with van der Waals surface area (Å²) >= 11 is 0. The Bertz CT molecular complexity index is 451. The molecular weight excluding hydrogens is 284 g/mol. The fraction of sp³-hybridized carbons (Fsp3) is 0.500. The fourth-order valence-corrected chi connectivity index (χ4v) is 2.09. The van der Waals surface area contributed by atoms with Crippen LogP contribution >= 0.6 is 0 Å². The number of amides is 2. The van der Waals surface area contributed by atoms with E-state index in [1.54, 1.807) is 17.6 Å². The maximum atomic E-state index is 11.7. The van der Waals surface area contributed by atoms with Gasteiger partial charge in [0.15, 0.2) is 0 Å². The minimum atomic E-state index is -0.779. The molecule has 0 saturated carbocycles. The summed E-state index contributed by atoms with van der Waals surface area (Å²) in [5.74, 6) is -0.542. The molecule has 6 heteroatoms. The van der Waals surface area contributed by atoms with E-state index in [4.69, 9.17) is 5.21 Å². The molecule has 0 aromatic heterocycles. The molecule has 1 rings (SSSR count). The molecule has 0 radical (unpaired) electrons. The predicted molar refractivity (Wildman–Crippen MR) is 82.0 cm³/mol. The topological polar surface area (TPSA) is 98.7 Å². The molecule has 1 atom stereocenters. The molecule has 0 spiro atoms. The Labute approximate surface area is 130 Å². The average molecular weight is 308 g/mol. The van der Waals surface area contributed by atoms with Crippen LogP contribution in [0.3, 0.4) is 0 Å². The molecule has 4 N–H and O–H groups in total. The maximum Gasteiger partial charge on any atom is 0.243 e. The van der Waals surface area contributed by atoms with Crippen molar-refractivity contribution in [2.45, 2.75) is 44.6 Å². The Hall–Kier alpha value is -1.92. The first-order valence-electron chi connectivity index (χ1n) is 7.56. The molecule has 0 aliphatic carbocycles. The van der Waals surface area contributed by atoms with Gasteiger partial charge >= 0.3 is 0 Å². The van der Waals surface area contributed by atoms with E-state index in [0.717, 1.165) is 24.8 Å². The first-order chi connectivity index (χ1) is 10.6. The Morgan fingerprint density at radius 3 is 2.36 bits per heavy atom. The van der Waals surface area contributed by atoms with Gasteiger partial charge in [-0.3, -0.25) is 14.8 Å². The number of carbonyl (C=O) groups excluding carboxylic acids is 2. The van der Waals surface area contributed by atoms with Crippen molar-refractivity contribution in [1.29, 1.82) is 0 Å². The van der Waals surface area contributed by atoms with E-state index in [0.29, 0.717) is 19.4 Å². The van der Waals surface area contributed by atoms with Gasteiger partial charge in [-0.1, -0.05) is 43.2 Å². The quantitative estimate of drug-likeness (QED) is 0.300. The van der Waals surface area contributed by atoms with E-state index >= 15 is 0 Å². The second-order valence-corrected chi connectivity index (χ2v) is 5.18. The maximum absolute atomic E-state index is 11.7. The lowest BCUT2D eigenvalue weighted by molar-refractivity contribution is -0.129. The molecular formula is C16H24N2O4. The third-order valence-corrected chi connectivity index (χ3v) is 3.34. The zero-order valence-corrected chi connectivity index (χ0v) is 12.6. The minimum absolute atomic E-state index is 0.0562. The minimum Gasteiger partial charge on any atom is -0.388 e. The molecule has 0 bridgehead atoms. The summed E-state index contributed by atoms with van der Waals surface area (Å²) in [6, 6.07) is 9.10. The molecule has 0 saturated heterocycles. The average Bonchev–Trinajstić information content (AvgIpc) is 2.54. The van der Waals surface area contributed by atoms with Crippen molar-refractivity contribution < 1.29 is 19.9 Å². The van der Waals surface area contributed by atoms with Crippen LogP contribution in [0.15, 0.2) is 30.3 Å². The van der Waals surface area contributed by atoms with Gasteiger partial charge in [0, 0.05) is 13.0 Å². The van der Waals surface area contributed by atoms with Gasteiger partial charge in [0.2, 0.25) is 11.8 Å². The van der Waals surface area contributed by atoms with Crippen LogP contribution in [0.2, 0.25) is 0 Å². The second kappa shape index (κ2) is 10.8. The molecule has 6 nitrogen and oxygen atoms in total. The molecule has 22 heavy (non-hydrogen) atoms. The van der Waals surface area contributed by atoms with Crippen molar-refractivity contribution in [3.05, 3.63) is 35.9 Å². The number of carbonyl (C=O) groups is 2. The highest BCUT2D eigenvalue weighted by Gasteiger charge is 2.11. The van der Waals surface area contributed by atoms with Gasteiger partial charge in [-0.05, 0) is 18.4 Å². The number of rotatable bonds is 10. The summed E-state index contributed by atoms with van der Waals surface area (Å²) in [4.78, 5) is 22.5. The van der Waals surface area contributed by atoms with E-state index in [2.05, 4.69) is 5.32 Å². The van der Waals surface area contributed by atoms with E-state index in [-0.39, 0.29) is 18.2 Å². The third kappa shape index (κ3) is 7.75. The van der Waals surface area contributed by atoms with E-state index in [1.165, 1.54) is 0 Å². The Balaban J connectivity index is 2.05. The number of aliphatic hydroxyl groups is 1. The summed E-state index contributed by atoms with van der Waals surface area (Å²) in [5.41, 5.74) is 2.33. The molecule has 1 unspecified atom stereocenters. The lowest BCUT2D eigenvalue weighted by Gasteiger charge is -2.11. The van der Waals surface area contributed by atoms with Gasteiger partial charge < -0.3 is 10.4 Å². The standard InChI is InChI=1S/C16H24N2O4/c19-14(13-8-4-3-5-9-13)12-16(21)17-11-7-2-1-6-10-15(20)18-22/h3-5,8-9,14,19,22H,1-2,6-7,10-12H2,(H,17,21)(H,18,20). The van der Waals surface area contributed by atoms with Crippen LogP contribution in [-0.4, -0.2) is 28.7 Å². The molecule has 0 aliphatic heterocycles. The van der Waals surface area contributed by atoms with Crippen LogP contribution in [0.25, 0.3) is 0 Å². The van der Waals surface area contributed by atoms with Crippen LogP contribution < -0.4 is 10.8 Å². The number of benzene rings is 1. The first kappa shape index (κ1) is 18.1. The normalized spacial score (nSPS) is 11.7. The molecule has 2 amide bonds. The molecule has 1 aromatic carbocycles. The van der Waals surface area contributed by atoms with Gasteiger partial charge in [0.05, 0.1) is 12.5 Å². The van der Waals surface area contributed by atoms with Crippen molar-refractivity contribution in [3.8, 4) is 0 Å². The molecule has 0 heterocycles. The van der Waals surface area contributed by atoms with Crippen molar-refractivity contribution >= 4 is 11.8 Å². The number of aliphatic hydroxyl groups excluding tert-OH is 1. The number of nitrogens with one attached hydrogen (secondary N) is 2. The summed E-state index contributed by atoms with van der Waals surface area (Å²) in [7, 11) is 0. The van der Waals surface area contributed by atoms with Gasteiger partial charge in [-0.15, -0.1) is 0 Å². The van der Waals surface area contributed by atoms with Crippen molar-refractivity contribution in [2.75, 3.05) is 6.54 Å². The lowest BCUT2D eigenvalue weighted by atomic mass is 10.1. The number of unbranched alkanes of at least 4 members (excludes halogenated alkanes) is 3.